The van der Waals surface area contributed by atoms with Crippen molar-refractivity contribution in [3.63, 3.8) is 0 Å². The molecule has 8 heteroatoms. The molecule has 0 saturated heterocycles. The highest BCUT2D eigenvalue weighted by atomic mass is 16.5. The Bertz CT molecular complexity index is 737. The first kappa shape index (κ1) is 15.3. The van der Waals surface area contributed by atoms with Crippen molar-refractivity contribution in [2.75, 3.05) is 12.4 Å². The summed E-state index contributed by atoms with van der Waals surface area (Å²) in [7, 11) is 1.51. The summed E-state index contributed by atoms with van der Waals surface area (Å²) >= 11 is 0. The van der Waals surface area contributed by atoms with Crippen LogP contribution in [0.4, 0.5) is 5.95 Å². The van der Waals surface area contributed by atoms with E-state index in [4.69, 9.17) is 4.74 Å². The molecule has 2 aromatic heterocycles. The molecule has 8 nitrogen and oxygen atoms in total. The van der Waals surface area contributed by atoms with Gasteiger partial charge < -0.3 is 9.84 Å². The van der Waals surface area contributed by atoms with Gasteiger partial charge >= 0.3 is 0 Å². The molecule has 1 aliphatic rings. The largest absolute Gasteiger partial charge is 0.493 e. The zero-order valence-corrected chi connectivity index (χ0v) is 12.9. The number of carbonyl (C=O) groups excluding carboxylic acids is 1. The number of methoxy groups -OCH3 is 1. The fraction of sp³-hybridized carbons (Fsp3) is 0.400. The van der Waals surface area contributed by atoms with Crippen LogP contribution in [0.5, 0.6) is 5.88 Å². The minimum atomic E-state index is -0.202. The Kier molecular flexibility index (Phi) is 4.16. The Labute approximate surface area is 133 Å². The number of aryl methyl sites for hydroxylation is 1. The van der Waals surface area contributed by atoms with Crippen molar-refractivity contribution in [3.05, 3.63) is 35.5 Å². The molecule has 2 heterocycles. The van der Waals surface area contributed by atoms with Gasteiger partial charge in [0.25, 0.3) is 0 Å². The number of anilines is 1. The molecule has 120 valence electrons. The van der Waals surface area contributed by atoms with Gasteiger partial charge in [-0.2, -0.15) is 4.98 Å². The lowest BCUT2D eigenvalue weighted by Crippen LogP contribution is -2.17. The third-order valence-corrected chi connectivity index (χ3v) is 3.65. The predicted molar refractivity (Wildman–Crippen MR) is 80.7 cm³/mol. The highest BCUT2D eigenvalue weighted by molar-refractivity contribution is 5.93. The molecule has 2 aromatic rings. The van der Waals surface area contributed by atoms with Crippen LogP contribution in [0.1, 0.15) is 29.4 Å². The second-order valence-electron chi connectivity index (χ2n) is 5.47. The van der Waals surface area contributed by atoms with Gasteiger partial charge in [0.1, 0.15) is 5.82 Å². The van der Waals surface area contributed by atoms with Crippen molar-refractivity contribution >= 4 is 11.9 Å². The van der Waals surface area contributed by atoms with Gasteiger partial charge in [-0.15, -0.1) is 0 Å². The summed E-state index contributed by atoms with van der Waals surface area (Å²) < 4.78 is 4.91. The number of nitrogens with zero attached hydrogens (tertiary/aromatic N) is 4. The van der Waals surface area contributed by atoms with E-state index in [1.807, 2.05) is 13.0 Å². The summed E-state index contributed by atoms with van der Waals surface area (Å²) in [5.74, 6) is 0.190. The summed E-state index contributed by atoms with van der Waals surface area (Å²) in [6.07, 6.45) is 3.82. The van der Waals surface area contributed by atoms with Crippen LogP contribution in [-0.4, -0.2) is 38.1 Å². The van der Waals surface area contributed by atoms with Crippen LogP contribution in [-0.2, 0) is 16.1 Å². The van der Waals surface area contributed by atoms with Gasteiger partial charge in [0.05, 0.1) is 12.2 Å². The Morgan fingerprint density at radius 1 is 1.43 bits per heavy atom. The van der Waals surface area contributed by atoms with Crippen molar-refractivity contribution in [1.29, 1.82) is 0 Å². The highest BCUT2D eigenvalue weighted by Gasteiger charge is 2.46. The molecule has 3 rings (SSSR count). The van der Waals surface area contributed by atoms with Crippen molar-refractivity contribution in [3.8, 4) is 5.88 Å². The number of aromatic hydroxyl groups is 1. The normalized spacial score (nSPS) is 19.4. The number of carbonyl (C=O) groups is 1. The second kappa shape index (κ2) is 6.25. The Hall–Kier alpha value is -2.61. The quantitative estimate of drug-likeness (QED) is 0.852. The predicted octanol–water partition coefficient (Wildman–Crippen LogP) is 1.17. The van der Waals surface area contributed by atoms with Gasteiger partial charge in [0.15, 0.2) is 0 Å². The molecular formula is C15H17N5O3. The van der Waals surface area contributed by atoms with Gasteiger partial charge in [0, 0.05) is 37.0 Å². The molecule has 2 atom stereocenters. The van der Waals surface area contributed by atoms with Crippen LogP contribution < -0.4 is 5.32 Å². The SMILES string of the molecule is COCc1cnc(NC(=O)[C@H]2C[C@@H]2c2nccc(C)n2)nc1O. The standard InChI is InChI=1S/C15H17N5O3/c1-8-3-4-16-12(18-8)10-5-11(10)14(22)20-15-17-6-9(7-23-2)13(21)19-15/h3-4,6,10-11H,5,7H2,1-2H3,(H2,17,19,20,21,22)/t10-,11-/m0/s1. The summed E-state index contributed by atoms with van der Waals surface area (Å²) in [4.78, 5) is 28.6. The number of amides is 1. The first-order valence-corrected chi connectivity index (χ1v) is 7.22. The summed E-state index contributed by atoms with van der Waals surface area (Å²) in [5.41, 5.74) is 1.34. The van der Waals surface area contributed by atoms with E-state index >= 15 is 0 Å². The molecule has 0 spiro atoms. The number of nitrogens with one attached hydrogen (secondary N) is 1. The number of rotatable bonds is 5. The van der Waals surface area contributed by atoms with E-state index in [0.29, 0.717) is 17.8 Å². The summed E-state index contributed by atoms with van der Waals surface area (Å²) in [5, 5.41) is 12.4. The van der Waals surface area contributed by atoms with Crippen LogP contribution in [0.25, 0.3) is 0 Å². The maximum absolute atomic E-state index is 12.2. The molecule has 23 heavy (non-hydrogen) atoms. The van der Waals surface area contributed by atoms with Crippen LogP contribution in [0.2, 0.25) is 0 Å². The van der Waals surface area contributed by atoms with E-state index in [0.717, 1.165) is 5.69 Å². The van der Waals surface area contributed by atoms with E-state index in [-0.39, 0.29) is 36.2 Å². The van der Waals surface area contributed by atoms with Crippen molar-refractivity contribution in [2.24, 2.45) is 5.92 Å². The first-order valence-electron chi connectivity index (χ1n) is 7.22. The van der Waals surface area contributed by atoms with Gasteiger partial charge in [0.2, 0.25) is 17.7 Å². The molecule has 1 aliphatic carbocycles. The molecule has 0 radical (unpaired) electrons. The maximum atomic E-state index is 12.2. The molecule has 1 saturated carbocycles. The van der Waals surface area contributed by atoms with Crippen LogP contribution >= 0.6 is 0 Å². The topological polar surface area (TPSA) is 110 Å². The van der Waals surface area contributed by atoms with Gasteiger partial charge in [-0.1, -0.05) is 0 Å². The molecule has 0 aliphatic heterocycles. The lowest BCUT2D eigenvalue weighted by atomic mass is 10.2. The van der Waals surface area contributed by atoms with Crippen LogP contribution in [0.3, 0.4) is 0 Å². The third-order valence-electron chi connectivity index (χ3n) is 3.65. The van der Waals surface area contributed by atoms with Gasteiger partial charge in [-0.3, -0.25) is 10.1 Å². The monoisotopic (exact) mass is 315 g/mol. The zero-order chi connectivity index (χ0) is 16.4. The molecule has 0 aromatic carbocycles. The lowest BCUT2D eigenvalue weighted by molar-refractivity contribution is -0.117. The van der Waals surface area contributed by atoms with E-state index in [1.54, 1.807) is 6.20 Å². The fourth-order valence-corrected chi connectivity index (χ4v) is 2.34. The Morgan fingerprint density at radius 3 is 2.96 bits per heavy atom. The van der Waals surface area contributed by atoms with E-state index < -0.39 is 0 Å². The molecule has 2 N–H and O–H groups in total. The molecule has 0 unspecified atom stereocenters. The van der Waals surface area contributed by atoms with Crippen molar-refractivity contribution < 1.29 is 14.6 Å². The summed E-state index contributed by atoms with van der Waals surface area (Å²) in [6.45, 7) is 2.09. The number of hydrogen-bond acceptors (Lipinski definition) is 7. The summed E-state index contributed by atoms with van der Waals surface area (Å²) in [6, 6.07) is 1.82. The fourth-order valence-electron chi connectivity index (χ4n) is 2.34. The second-order valence-corrected chi connectivity index (χ2v) is 5.47. The third kappa shape index (κ3) is 3.42. The average Bonchev–Trinajstić information content (AvgIpc) is 3.31. The zero-order valence-electron chi connectivity index (χ0n) is 12.9. The minimum Gasteiger partial charge on any atom is -0.493 e. The lowest BCUT2D eigenvalue weighted by Gasteiger charge is -2.06. The Morgan fingerprint density at radius 2 is 2.26 bits per heavy atom. The molecular weight excluding hydrogens is 298 g/mol. The number of hydrogen-bond donors (Lipinski definition) is 2. The van der Waals surface area contributed by atoms with Crippen LogP contribution in [0.15, 0.2) is 18.5 Å². The smallest absolute Gasteiger partial charge is 0.232 e. The molecule has 1 amide bonds. The van der Waals surface area contributed by atoms with Crippen molar-refractivity contribution in [2.45, 2.75) is 25.9 Å². The first-order chi connectivity index (χ1) is 11.1. The van der Waals surface area contributed by atoms with Crippen LogP contribution in [0, 0.1) is 12.8 Å². The number of aromatic nitrogens is 4. The minimum absolute atomic E-state index is 0.0243. The van der Waals surface area contributed by atoms with E-state index in [2.05, 4.69) is 25.3 Å². The van der Waals surface area contributed by atoms with Gasteiger partial charge in [-0.05, 0) is 19.4 Å². The molecule has 0 bridgehead atoms. The molecule has 1 fully saturated rings. The van der Waals surface area contributed by atoms with Gasteiger partial charge in [-0.25, -0.2) is 15.0 Å². The van der Waals surface area contributed by atoms with E-state index in [1.165, 1.54) is 13.3 Å². The number of ether oxygens (including phenoxy) is 1. The van der Waals surface area contributed by atoms with Crippen molar-refractivity contribution in [1.82, 2.24) is 19.9 Å². The van der Waals surface area contributed by atoms with E-state index in [9.17, 15) is 9.90 Å². The average molecular weight is 315 g/mol. The maximum Gasteiger partial charge on any atom is 0.232 e. The highest BCUT2D eigenvalue weighted by Crippen LogP contribution is 2.46. The Balaban J connectivity index is 1.63.